The Morgan fingerprint density at radius 2 is 1.11 bits per heavy atom. The molecule has 0 aliphatic rings. The van der Waals surface area contributed by atoms with Crippen molar-refractivity contribution in [3.05, 3.63) is 0 Å². The standard InChI is InChI=1S/C30H59NO4/c1-8-14-17-24(11-4)20-30(22-27(32)33,21-25(12-5)18-15-9-2)29(7,28(34)35)31-23-26(13-6)19-16-10-3/h24-26,31H,8-23H2,1-7H3,(H,32,33)(H,34,35). The van der Waals surface area contributed by atoms with Gasteiger partial charge in [0.2, 0.25) is 0 Å². The SMILES string of the molecule is CCCCC(CC)CNC(C)(C(=O)O)C(CC(=O)O)(CC(CC)CCCC)CC(CC)CCCC. The van der Waals surface area contributed by atoms with Crippen LogP contribution in [-0.4, -0.2) is 34.2 Å². The maximum Gasteiger partial charge on any atom is 0.324 e. The van der Waals surface area contributed by atoms with E-state index in [1.807, 2.05) is 0 Å². The highest BCUT2D eigenvalue weighted by atomic mass is 16.4. The van der Waals surface area contributed by atoms with Gasteiger partial charge in [-0.15, -0.1) is 0 Å². The van der Waals surface area contributed by atoms with Crippen LogP contribution in [0.2, 0.25) is 0 Å². The molecule has 0 saturated carbocycles. The summed E-state index contributed by atoms with van der Waals surface area (Å²) in [5.74, 6) is -0.714. The molecule has 0 bridgehead atoms. The number of hydrogen-bond donors (Lipinski definition) is 3. The molecule has 0 radical (unpaired) electrons. The molecule has 4 unspecified atom stereocenters. The summed E-state index contributed by atoms with van der Waals surface area (Å²) in [6.07, 6.45) is 13.9. The molecule has 4 atom stereocenters. The van der Waals surface area contributed by atoms with Gasteiger partial charge in [0, 0.05) is 5.41 Å². The molecule has 0 aliphatic heterocycles. The molecular formula is C30H59NO4. The van der Waals surface area contributed by atoms with Crippen LogP contribution in [-0.2, 0) is 9.59 Å². The summed E-state index contributed by atoms with van der Waals surface area (Å²) in [7, 11) is 0. The number of carbonyl (C=O) groups is 2. The first-order chi connectivity index (χ1) is 16.6. The Bertz CT molecular complexity index is 561. The lowest BCUT2D eigenvalue weighted by molar-refractivity contribution is -0.157. The zero-order valence-electron chi connectivity index (χ0n) is 24.3. The summed E-state index contributed by atoms with van der Waals surface area (Å²) < 4.78 is 0. The van der Waals surface area contributed by atoms with E-state index in [2.05, 4.69) is 46.9 Å². The highest BCUT2D eigenvalue weighted by molar-refractivity contribution is 5.81. The maximum atomic E-state index is 13.1. The van der Waals surface area contributed by atoms with Crippen molar-refractivity contribution in [2.45, 2.75) is 150 Å². The topological polar surface area (TPSA) is 86.6 Å². The highest BCUT2D eigenvalue weighted by Crippen LogP contribution is 2.49. The predicted molar refractivity (Wildman–Crippen MR) is 148 cm³/mol. The van der Waals surface area contributed by atoms with E-state index in [1.54, 1.807) is 6.92 Å². The third-order valence-electron chi connectivity index (χ3n) is 8.71. The van der Waals surface area contributed by atoms with Crippen LogP contribution in [0.4, 0.5) is 0 Å². The van der Waals surface area contributed by atoms with E-state index in [0.717, 1.165) is 77.0 Å². The minimum absolute atomic E-state index is 0.0974. The second kappa shape index (κ2) is 18.2. The molecule has 0 aromatic heterocycles. The Morgan fingerprint density at radius 3 is 1.43 bits per heavy atom. The van der Waals surface area contributed by atoms with Crippen molar-refractivity contribution in [2.75, 3.05) is 6.54 Å². The van der Waals surface area contributed by atoms with E-state index < -0.39 is 22.9 Å². The number of hydrogen-bond acceptors (Lipinski definition) is 3. The first kappa shape index (κ1) is 33.9. The number of nitrogens with one attached hydrogen (secondary N) is 1. The second-order valence-corrected chi connectivity index (χ2v) is 11.3. The van der Waals surface area contributed by atoms with Gasteiger partial charge in [0.1, 0.15) is 5.54 Å². The van der Waals surface area contributed by atoms with Gasteiger partial charge < -0.3 is 15.5 Å². The first-order valence-electron chi connectivity index (χ1n) is 14.8. The van der Waals surface area contributed by atoms with Crippen LogP contribution in [0.1, 0.15) is 145 Å². The summed E-state index contributed by atoms with van der Waals surface area (Å²) in [6, 6.07) is 0. The minimum Gasteiger partial charge on any atom is -0.481 e. The molecule has 5 heteroatoms. The fourth-order valence-electron chi connectivity index (χ4n) is 5.88. The van der Waals surface area contributed by atoms with Gasteiger partial charge in [0.15, 0.2) is 0 Å². The zero-order valence-corrected chi connectivity index (χ0v) is 24.3. The second-order valence-electron chi connectivity index (χ2n) is 11.3. The molecule has 0 amide bonds. The normalized spacial score (nSPS) is 17.8. The maximum absolute atomic E-state index is 13.1. The zero-order chi connectivity index (χ0) is 26.9. The largest absolute Gasteiger partial charge is 0.481 e. The molecule has 0 rings (SSSR count). The van der Waals surface area contributed by atoms with E-state index in [0.29, 0.717) is 37.1 Å². The van der Waals surface area contributed by atoms with Gasteiger partial charge in [-0.3, -0.25) is 9.59 Å². The summed E-state index contributed by atoms with van der Waals surface area (Å²) in [4.78, 5) is 25.4. The summed E-state index contributed by atoms with van der Waals surface area (Å²) in [6.45, 7) is 15.5. The van der Waals surface area contributed by atoms with Gasteiger partial charge in [-0.25, -0.2) is 0 Å². The first-order valence-corrected chi connectivity index (χ1v) is 14.8. The fraction of sp³-hybridized carbons (Fsp3) is 0.933. The molecule has 0 heterocycles. The number of carboxylic acids is 2. The molecule has 0 spiro atoms. The van der Waals surface area contributed by atoms with Crippen molar-refractivity contribution in [1.82, 2.24) is 5.32 Å². The van der Waals surface area contributed by atoms with Crippen LogP contribution in [0.25, 0.3) is 0 Å². The van der Waals surface area contributed by atoms with Crippen molar-refractivity contribution in [1.29, 1.82) is 0 Å². The lowest BCUT2D eigenvalue weighted by atomic mass is 9.58. The molecule has 0 aromatic carbocycles. The van der Waals surface area contributed by atoms with Crippen molar-refractivity contribution in [3.8, 4) is 0 Å². The van der Waals surface area contributed by atoms with E-state index in [-0.39, 0.29) is 6.42 Å². The van der Waals surface area contributed by atoms with Crippen LogP contribution in [0.5, 0.6) is 0 Å². The molecule has 0 fully saturated rings. The average Bonchev–Trinajstić information content (AvgIpc) is 2.83. The average molecular weight is 498 g/mol. The molecular weight excluding hydrogens is 438 g/mol. The Kier molecular flexibility index (Phi) is 17.6. The lowest BCUT2D eigenvalue weighted by Gasteiger charge is -2.49. The number of aliphatic carboxylic acids is 2. The monoisotopic (exact) mass is 497 g/mol. The van der Waals surface area contributed by atoms with Crippen molar-refractivity contribution < 1.29 is 19.8 Å². The highest BCUT2D eigenvalue weighted by Gasteiger charge is 2.55. The van der Waals surface area contributed by atoms with E-state index in [9.17, 15) is 19.8 Å². The summed E-state index contributed by atoms with van der Waals surface area (Å²) in [5, 5.41) is 24.4. The molecule has 35 heavy (non-hydrogen) atoms. The lowest BCUT2D eigenvalue weighted by Crippen LogP contribution is -2.64. The fourth-order valence-corrected chi connectivity index (χ4v) is 5.88. The third-order valence-corrected chi connectivity index (χ3v) is 8.71. The minimum atomic E-state index is -1.29. The Morgan fingerprint density at radius 1 is 0.714 bits per heavy atom. The van der Waals surface area contributed by atoms with Crippen LogP contribution < -0.4 is 5.32 Å². The quantitative estimate of drug-likeness (QED) is 0.132. The molecule has 0 aliphatic carbocycles. The number of carboxylic acid groups (broad SMARTS) is 2. The van der Waals surface area contributed by atoms with Gasteiger partial charge in [-0.05, 0) is 50.5 Å². The Hall–Kier alpha value is -1.10. The molecule has 3 N–H and O–H groups in total. The van der Waals surface area contributed by atoms with Crippen LogP contribution in [0.15, 0.2) is 0 Å². The summed E-state index contributed by atoms with van der Waals surface area (Å²) >= 11 is 0. The number of unbranched alkanes of at least 4 members (excludes halogenated alkanes) is 3. The smallest absolute Gasteiger partial charge is 0.324 e. The molecule has 208 valence electrons. The Balaban J connectivity index is 6.50. The van der Waals surface area contributed by atoms with E-state index >= 15 is 0 Å². The van der Waals surface area contributed by atoms with Crippen molar-refractivity contribution in [2.24, 2.45) is 23.2 Å². The van der Waals surface area contributed by atoms with Gasteiger partial charge in [0.25, 0.3) is 0 Å². The van der Waals surface area contributed by atoms with Gasteiger partial charge in [-0.2, -0.15) is 0 Å². The van der Waals surface area contributed by atoms with Gasteiger partial charge in [0.05, 0.1) is 6.42 Å². The van der Waals surface area contributed by atoms with Crippen LogP contribution >= 0.6 is 0 Å². The van der Waals surface area contributed by atoms with Gasteiger partial charge in [-0.1, -0.05) is 112 Å². The molecule has 5 nitrogen and oxygen atoms in total. The summed E-state index contributed by atoms with van der Waals surface area (Å²) in [5.41, 5.74) is -2.12. The Labute approximate surface area is 217 Å². The third kappa shape index (κ3) is 11.2. The van der Waals surface area contributed by atoms with Crippen molar-refractivity contribution in [3.63, 3.8) is 0 Å². The number of rotatable bonds is 23. The van der Waals surface area contributed by atoms with Gasteiger partial charge >= 0.3 is 11.9 Å². The van der Waals surface area contributed by atoms with Crippen LogP contribution in [0, 0.1) is 23.2 Å². The molecule has 0 aromatic rings. The van der Waals surface area contributed by atoms with E-state index in [4.69, 9.17) is 0 Å². The van der Waals surface area contributed by atoms with Crippen molar-refractivity contribution >= 4 is 11.9 Å². The molecule has 0 saturated heterocycles. The van der Waals surface area contributed by atoms with Crippen LogP contribution in [0.3, 0.4) is 0 Å². The predicted octanol–water partition coefficient (Wildman–Crippen LogP) is 8.31. The van der Waals surface area contributed by atoms with E-state index in [1.165, 1.54) is 0 Å².